The van der Waals surface area contributed by atoms with Crippen LogP contribution < -0.4 is 9.47 Å². The lowest BCUT2D eigenvalue weighted by Crippen LogP contribution is -2.38. The number of halogens is 2. The van der Waals surface area contributed by atoms with E-state index in [9.17, 15) is 0 Å². The van der Waals surface area contributed by atoms with Crippen molar-refractivity contribution in [2.45, 2.75) is 12.6 Å². The third-order valence-corrected chi connectivity index (χ3v) is 5.12. The van der Waals surface area contributed by atoms with Crippen LogP contribution in [0.1, 0.15) is 17.2 Å². The van der Waals surface area contributed by atoms with E-state index in [0.29, 0.717) is 16.7 Å². The van der Waals surface area contributed by atoms with Gasteiger partial charge >= 0.3 is 0 Å². The fourth-order valence-electron chi connectivity index (χ4n) is 3.07. The fraction of sp³-hybridized carbons (Fsp3) is 0.368. The minimum absolute atomic E-state index is 0.0378. The zero-order valence-electron chi connectivity index (χ0n) is 14.3. The number of nitrogens with zero attached hydrogens (tertiary/aromatic N) is 1. The summed E-state index contributed by atoms with van der Waals surface area (Å²) in [4.78, 5) is 2.33. The van der Waals surface area contributed by atoms with Gasteiger partial charge < -0.3 is 14.2 Å². The number of hydrogen-bond donors (Lipinski definition) is 0. The lowest BCUT2D eigenvalue weighted by Gasteiger charge is -2.33. The summed E-state index contributed by atoms with van der Waals surface area (Å²) in [6.07, 6.45) is -0.0378. The molecule has 1 aliphatic rings. The first-order valence-corrected chi connectivity index (χ1v) is 8.86. The van der Waals surface area contributed by atoms with E-state index in [0.717, 1.165) is 42.3 Å². The second-order valence-electron chi connectivity index (χ2n) is 5.91. The molecule has 0 aliphatic carbocycles. The minimum atomic E-state index is -0.0378. The van der Waals surface area contributed by atoms with Crippen molar-refractivity contribution < 1.29 is 14.2 Å². The quantitative estimate of drug-likeness (QED) is 0.757. The summed E-state index contributed by atoms with van der Waals surface area (Å²) >= 11 is 12.2. The van der Waals surface area contributed by atoms with E-state index in [1.165, 1.54) is 0 Å². The fourth-order valence-corrected chi connectivity index (χ4v) is 3.37. The van der Waals surface area contributed by atoms with Crippen LogP contribution in [0.5, 0.6) is 11.5 Å². The van der Waals surface area contributed by atoms with E-state index < -0.39 is 0 Å². The van der Waals surface area contributed by atoms with Gasteiger partial charge in [0.25, 0.3) is 0 Å². The molecular weight excluding hydrogens is 361 g/mol. The molecule has 1 aliphatic heterocycles. The van der Waals surface area contributed by atoms with Gasteiger partial charge in [-0.05, 0) is 29.8 Å². The molecule has 1 atom stereocenters. The minimum Gasteiger partial charge on any atom is -0.496 e. The molecule has 2 aromatic rings. The van der Waals surface area contributed by atoms with Crippen molar-refractivity contribution in [3.05, 3.63) is 57.6 Å². The molecule has 2 aromatic carbocycles. The summed E-state index contributed by atoms with van der Waals surface area (Å²) in [7, 11) is 3.35. The molecule has 0 radical (unpaired) electrons. The van der Waals surface area contributed by atoms with Gasteiger partial charge in [-0.1, -0.05) is 35.3 Å². The van der Waals surface area contributed by atoms with Crippen molar-refractivity contribution >= 4 is 23.2 Å². The van der Waals surface area contributed by atoms with Gasteiger partial charge in [-0.25, -0.2) is 0 Å². The Hall–Kier alpha value is -1.46. The third-order valence-electron chi connectivity index (χ3n) is 4.38. The smallest absolute Gasteiger partial charge is 0.127 e. The van der Waals surface area contributed by atoms with Crippen LogP contribution in [0.15, 0.2) is 36.4 Å². The molecule has 4 nitrogen and oxygen atoms in total. The standard InChI is InChI=1S/C19H21Cl2NO3/c1-23-17-4-3-5-18(24-2)14(17)11-22-8-9-25-19(12-22)13-6-7-15(20)16(21)10-13/h3-7,10,19H,8-9,11-12H2,1-2H3/t19-/m1/s1. The van der Waals surface area contributed by atoms with E-state index in [4.69, 9.17) is 37.4 Å². The molecule has 1 saturated heterocycles. The molecule has 0 bridgehead atoms. The molecule has 1 heterocycles. The monoisotopic (exact) mass is 381 g/mol. The summed E-state index contributed by atoms with van der Waals surface area (Å²) in [5.41, 5.74) is 2.08. The topological polar surface area (TPSA) is 30.9 Å². The molecule has 0 spiro atoms. The van der Waals surface area contributed by atoms with Crippen molar-refractivity contribution in [2.75, 3.05) is 33.9 Å². The Bertz CT molecular complexity index is 716. The first-order chi connectivity index (χ1) is 12.1. The number of benzene rings is 2. The molecular formula is C19H21Cl2NO3. The Labute approximate surface area is 158 Å². The first-order valence-electron chi connectivity index (χ1n) is 8.11. The maximum absolute atomic E-state index is 6.14. The van der Waals surface area contributed by atoms with Gasteiger partial charge in [0.15, 0.2) is 0 Å². The van der Waals surface area contributed by atoms with Crippen molar-refractivity contribution in [3.8, 4) is 11.5 Å². The van der Waals surface area contributed by atoms with Crippen molar-refractivity contribution in [1.82, 2.24) is 4.90 Å². The van der Waals surface area contributed by atoms with Gasteiger partial charge in [-0.2, -0.15) is 0 Å². The number of rotatable bonds is 5. The summed E-state index contributed by atoms with van der Waals surface area (Å²) in [6.45, 7) is 2.99. The molecule has 0 saturated carbocycles. The van der Waals surface area contributed by atoms with Gasteiger partial charge in [-0.3, -0.25) is 4.90 Å². The van der Waals surface area contributed by atoms with E-state index in [-0.39, 0.29) is 6.10 Å². The molecule has 0 aromatic heterocycles. The molecule has 3 rings (SSSR count). The number of ether oxygens (including phenoxy) is 3. The highest BCUT2D eigenvalue weighted by Gasteiger charge is 2.24. The zero-order chi connectivity index (χ0) is 17.8. The molecule has 134 valence electrons. The second kappa shape index (κ2) is 8.28. The van der Waals surface area contributed by atoms with Crippen LogP contribution in [0.25, 0.3) is 0 Å². The van der Waals surface area contributed by atoms with Crippen molar-refractivity contribution in [2.24, 2.45) is 0 Å². The Morgan fingerprint density at radius 1 is 1.08 bits per heavy atom. The SMILES string of the molecule is COc1cccc(OC)c1CN1CCO[C@@H](c2ccc(Cl)c(Cl)c2)C1. The molecule has 0 amide bonds. The highest BCUT2D eigenvalue weighted by molar-refractivity contribution is 6.42. The lowest BCUT2D eigenvalue weighted by molar-refractivity contribution is -0.0332. The van der Waals surface area contributed by atoms with E-state index in [1.54, 1.807) is 14.2 Å². The lowest BCUT2D eigenvalue weighted by atomic mass is 10.1. The normalized spacial score (nSPS) is 18.2. The molecule has 6 heteroatoms. The highest BCUT2D eigenvalue weighted by atomic mass is 35.5. The Balaban J connectivity index is 1.77. The second-order valence-corrected chi connectivity index (χ2v) is 6.72. The van der Waals surface area contributed by atoms with Gasteiger partial charge in [0.05, 0.1) is 42.5 Å². The highest BCUT2D eigenvalue weighted by Crippen LogP contribution is 2.33. The average molecular weight is 382 g/mol. The van der Waals surface area contributed by atoms with Crippen molar-refractivity contribution in [3.63, 3.8) is 0 Å². The van der Waals surface area contributed by atoms with Crippen LogP contribution in [0.3, 0.4) is 0 Å². The van der Waals surface area contributed by atoms with E-state index >= 15 is 0 Å². The average Bonchev–Trinajstić information content (AvgIpc) is 2.64. The summed E-state index contributed by atoms with van der Waals surface area (Å²) in [5.74, 6) is 1.66. The Morgan fingerprint density at radius 2 is 1.80 bits per heavy atom. The van der Waals surface area contributed by atoms with Crippen LogP contribution in [-0.2, 0) is 11.3 Å². The summed E-state index contributed by atoms with van der Waals surface area (Å²) in [6, 6.07) is 11.5. The summed E-state index contributed by atoms with van der Waals surface area (Å²) < 4.78 is 16.9. The van der Waals surface area contributed by atoms with Gasteiger partial charge in [0.2, 0.25) is 0 Å². The maximum Gasteiger partial charge on any atom is 0.127 e. The van der Waals surface area contributed by atoms with Crippen LogP contribution >= 0.6 is 23.2 Å². The van der Waals surface area contributed by atoms with E-state index in [2.05, 4.69) is 4.90 Å². The first kappa shape index (κ1) is 18.3. The number of hydrogen-bond acceptors (Lipinski definition) is 4. The van der Waals surface area contributed by atoms with Crippen molar-refractivity contribution in [1.29, 1.82) is 0 Å². The summed E-state index contributed by atoms with van der Waals surface area (Å²) in [5, 5.41) is 1.10. The molecule has 25 heavy (non-hydrogen) atoms. The van der Waals surface area contributed by atoms with Crippen LogP contribution in [-0.4, -0.2) is 38.8 Å². The molecule has 1 fully saturated rings. The maximum atomic E-state index is 6.14. The van der Waals surface area contributed by atoms with Crippen LogP contribution in [0, 0.1) is 0 Å². The van der Waals surface area contributed by atoms with Gasteiger partial charge in [-0.15, -0.1) is 0 Å². The van der Waals surface area contributed by atoms with Gasteiger partial charge in [0, 0.05) is 19.6 Å². The number of methoxy groups -OCH3 is 2. The third kappa shape index (κ3) is 4.21. The molecule has 0 N–H and O–H groups in total. The Kier molecular flexibility index (Phi) is 6.07. The van der Waals surface area contributed by atoms with Crippen LogP contribution in [0.2, 0.25) is 10.0 Å². The van der Waals surface area contributed by atoms with Crippen LogP contribution in [0.4, 0.5) is 0 Å². The number of morpholine rings is 1. The Morgan fingerprint density at radius 3 is 2.44 bits per heavy atom. The zero-order valence-corrected chi connectivity index (χ0v) is 15.8. The predicted octanol–water partition coefficient (Wildman–Crippen LogP) is 4.58. The predicted molar refractivity (Wildman–Crippen MR) is 100.0 cm³/mol. The van der Waals surface area contributed by atoms with E-state index in [1.807, 2.05) is 36.4 Å². The largest absolute Gasteiger partial charge is 0.496 e. The molecule has 0 unspecified atom stereocenters. The van der Waals surface area contributed by atoms with Gasteiger partial charge in [0.1, 0.15) is 11.5 Å².